The van der Waals surface area contributed by atoms with Gasteiger partial charge in [0.1, 0.15) is 37.1 Å². The van der Waals surface area contributed by atoms with E-state index in [9.17, 15) is 19.2 Å². The van der Waals surface area contributed by atoms with Crippen LogP contribution in [0.4, 0.5) is 0 Å². The average molecular weight is 686 g/mol. The topological polar surface area (TPSA) is 201 Å². The van der Waals surface area contributed by atoms with Crippen molar-refractivity contribution in [1.82, 2.24) is 15.0 Å². The number of hydrogen-bond acceptors (Lipinski definition) is 17. The van der Waals surface area contributed by atoms with Crippen molar-refractivity contribution in [3.8, 4) is 0 Å². The summed E-state index contributed by atoms with van der Waals surface area (Å²) in [6, 6.07) is 0. The molecule has 0 bridgehead atoms. The van der Waals surface area contributed by atoms with Crippen molar-refractivity contribution in [3.63, 3.8) is 0 Å². The van der Waals surface area contributed by atoms with Crippen LogP contribution < -0.4 is 0 Å². The highest BCUT2D eigenvalue weighted by Gasteiger charge is 2.61. The number of aromatic nitrogens is 3. The number of rotatable bonds is 11. The standard InChI is InChI=1S/C30H43N3O15/c1-14(34)39-13-20-21(40-15(2)35)23(41-16(3)36)25(42-17(4)37)27(44-20)38-10-9-18-11-33(32-31-18)12-19-22-24(46-29(5,6)45-22)26-28(43-19)48-30(7,8)47-26/h11,19-28H,9-10,12-13H2,1-8H3/t19-,20-,21-,22+,23+,24+,25+,26-,27-,28-/m1/s1. The fourth-order valence-corrected chi connectivity index (χ4v) is 6.17. The lowest BCUT2D eigenvalue weighted by molar-refractivity contribution is -0.307. The van der Waals surface area contributed by atoms with Crippen LogP contribution in [-0.4, -0.2) is 125 Å². The Morgan fingerprint density at radius 3 is 2.02 bits per heavy atom. The molecule has 4 saturated heterocycles. The fraction of sp³-hybridized carbons (Fsp3) is 0.800. The molecule has 1 aromatic rings. The van der Waals surface area contributed by atoms with Crippen LogP contribution in [0.2, 0.25) is 0 Å². The predicted molar refractivity (Wildman–Crippen MR) is 154 cm³/mol. The van der Waals surface area contributed by atoms with Crippen LogP contribution in [0.25, 0.3) is 0 Å². The van der Waals surface area contributed by atoms with Crippen molar-refractivity contribution in [1.29, 1.82) is 0 Å². The molecule has 0 saturated carbocycles. The molecule has 18 heteroatoms. The molecule has 268 valence electrons. The van der Waals surface area contributed by atoms with Crippen molar-refractivity contribution in [2.24, 2.45) is 0 Å². The maximum atomic E-state index is 12.1. The van der Waals surface area contributed by atoms with Gasteiger partial charge in [0.2, 0.25) is 0 Å². The van der Waals surface area contributed by atoms with Gasteiger partial charge in [-0.1, -0.05) is 5.21 Å². The van der Waals surface area contributed by atoms with Crippen LogP contribution >= 0.6 is 0 Å². The van der Waals surface area contributed by atoms with E-state index in [0.29, 0.717) is 5.69 Å². The van der Waals surface area contributed by atoms with Gasteiger partial charge >= 0.3 is 23.9 Å². The average Bonchev–Trinajstić information content (AvgIpc) is 3.63. The molecule has 4 aliphatic heterocycles. The van der Waals surface area contributed by atoms with Gasteiger partial charge in [0.25, 0.3) is 0 Å². The smallest absolute Gasteiger partial charge is 0.303 e. The quantitative estimate of drug-likeness (QED) is 0.227. The first-order valence-electron chi connectivity index (χ1n) is 15.7. The van der Waals surface area contributed by atoms with E-state index >= 15 is 0 Å². The van der Waals surface area contributed by atoms with Gasteiger partial charge in [0.15, 0.2) is 42.5 Å². The van der Waals surface area contributed by atoms with E-state index in [-0.39, 0.29) is 26.2 Å². The van der Waals surface area contributed by atoms with Crippen molar-refractivity contribution >= 4 is 23.9 Å². The van der Waals surface area contributed by atoms with Gasteiger partial charge in [-0.25, -0.2) is 4.68 Å². The highest BCUT2D eigenvalue weighted by Crippen LogP contribution is 2.44. The van der Waals surface area contributed by atoms with Crippen LogP contribution in [-0.2, 0) is 84.2 Å². The largest absolute Gasteiger partial charge is 0.463 e. The number of carbonyl (C=O) groups is 4. The zero-order valence-electron chi connectivity index (χ0n) is 28.1. The van der Waals surface area contributed by atoms with Gasteiger partial charge in [0, 0.05) is 40.3 Å². The maximum Gasteiger partial charge on any atom is 0.303 e. The van der Waals surface area contributed by atoms with Gasteiger partial charge in [-0.15, -0.1) is 5.10 Å². The lowest BCUT2D eigenvalue weighted by atomic mass is 9.98. The highest BCUT2D eigenvalue weighted by molar-refractivity contribution is 5.68. The second-order valence-corrected chi connectivity index (χ2v) is 12.8. The summed E-state index contributed by atoms with van der Waals surface area (Å²) >= 11 is 0. The van der Waals surface area contributed by atoms with E-state index in [2.05, 4.69) is 10.3 Å². The zero-order valence-corrected chi connectivity index (χ0v) is 28.1. The molecule has 0 N–H and O–H groups in total. The summed E-state index contributed by atoms with van der Waals surface area (Å²) < 4.78 is 65.6. The third kappa shape index (κ3) is 8.66. The molecule has 0 aromatic carbocycles. The molecule has 0 aliphatic carbocycles. The maximum absolute atomic E-state index is 12.1. The Morgan fingerprint density at radius 1 is 0.750 bits per heavy atom. The minimum atomic E-state index is -1.33. The van der Waals surface area contributed by atoms with Crippen molar-refractivity contribution in [3.05, 3.63) is 11.9 Å². The number of carbonyl (C=O) groups excluding carboxylic acids is 4. The Bertz CT molecular complexity index is 1350. The molecule has 4 fully saturated rings. The first-order chi connectivity index (χ1) is 22.5. The van der Waals surface area contributed by atoms with Crippen LogP contribution in [0.15, 0.2) is 6.20 Å². The summed E-state index contributed by atoms with van der Waals surface area (Å²) in [5, 5.41) is 8.47. The van der Waals surface area contributed by atoms with Crippen molar-refractivity contribution in [2.75, 3.05) is 13.2 Å². The molecule has 1 aromatic heterocycles. The Kier molecular flexibility index (Phi) is 10.7. The second-order valence-electron chi connectivity index (χ2n) is 12.8. The third-order valence-corrected chi connectivity index (χ3v) is 7.79. The number of ether oxygens (including phenoxy) is 11. The summed E-state index contributed by atoms with van der Waals surface area (Å²) in [5.41, 5.74) is 0.552. The first-order valence-corrected chi connectivity index (χ1v) is 15.7. The number of hydrogen-bond donors (Lipinski definition) is 0. The highest BCUT2D eigenvalue weighted by atomic mass is 16.9. The summed E-state index contributed by atoms with van der Waals surface area (Å²) in [6.45, 7) is 11.8. The van der Waals surface area contributed by atoms with Gasteiger partial charge in [0.05, 0.1) is 18.8 Å². The Morgan fingerprint density at radius 2 is 1.35 bits per heavy atom. The van der Waals surface area contributed by atoms with E-state index in [1.165, 1.54) is 6.92 Å². The second kappa shape index (κ2) is 14.3. The zero-order chi connectivity index (χ0) is 35.0. The minimum Gasteiger partial charge on any atom is -0.463 e. The number of esters is 4. The SMILES string of the molecule is CC(=O)OC[C@H]1O[C@@H](OCCc2cn(C[C@H]3O[C@@H]4OC(C)(C)O[C@@H]4[C@H]4OC(C)(C)O[C@H]43)nn2)[C@@H](OC(C)=O)[C@@H](OC(C)=O)[C@@H]1OC(C)=O. The van der Waals surface area contributed by atoms with E-state index < -0.39 is 96.9 Å². The number of fused-ring (bicyclic) bond motifs is 3. The number of nitrogens with zero attached hydrogens (tertiary/aromatic N) is 3. The molecule has 5 rings (SSSR count). The van der Waals surface area contributed by atoms with Crippen LogP contribution in [0.5, 0.6) is 0 Å². The summed E-state index contributed by atoms with van der Waals surface area (Å²) in [6.07, 6.45) is -6.86. The Hall–Kier alpha value is -3.26. The molecule has 0 radical (unpaired) electrons. The van der Waals surface area contributed by atoms with Crippen LogP contribution in [0.3, 0.4) is 0 Å². The molecule has 4 aliphatic rings. The van der Waals surface area contributed by atoms with E-state index in [1.54, 1.807) is 10.9 Å². The normalized spacial score (nSPS) is 34.8. The molecule has 5 heterocycles. The molecular formula is C30H43N3O15. The van der Waals surface area contributed by atoms with Gasteiger partial charge in [-0.05, 0) is 27.7 Å². The summed E-state index contributed by atoms with van der Waals surface area (Å²) in [7, 11) is 0. The first kappa shape index (κ1) is 36.0. The van der Waals surface area contributed by atoms with E-state index in [0.717, 1.165) is 20.8 Å². The van der Waals surface area contributed by atoms with Gasteiger partial charge in [-0.2, -0.15) is 0 Å². The lowest BCUT2D eigenvalue weighted by Gasteiger charge is -2.44. The monoisotopic (exact) mass is 685 g/mol. The third-order valence-electron chi connectivity index (χ3n) is 7.79. The molecule has 0 spiro atoms. The van der Waals surface area contributed by atoms with Crippen molar-refractivity contribution < 1.29 is 71.3 Å². The van der Waals surface area contributed by atoms with E-state index in [4.69, 9.17) is 52.1 Å². The predicted octanol–water partition coefficient (Wildman–Crippen LogP) is 0.317. The molecule has 0 unspecified atom stereocenters. The molecule has 0 amide bonds. The molecule has 18 nitrogen and oxygen atoms in total. The van der Waals surface area contributed by atoms with E-state index in [1.807, 2.05) is 27.7 Å². The summed E-state index contributed by atoms with van der Waals surface area (Å²) in [4.78, 5) is 47.6. The van der Waals surface area contributed by atoms with Crippen LogP contribution in [0.1, 0.15) is 61.1 Å². The minimum absolute atomic E-state index is 0.00772. The van der Waals surface area contributed by atoms with Crippen molar-refractivity contribution in [2.45, 2.75) is 141 Å². The Labute approximate surface area is 276 Å². The molecular weight excluding hydrogens is 642 g/mol. The van der Waals surface area contributed by atoms with Gasteiger partial charge in [-0.3, -0.25) is 19.2 Å². The Balaban J connectivity index is 1.25. The molecule has 48 heavy (non-hydrogen) atoms. The lowest BCUT2D eigenvalue weighted by Crippen LogP contribution is -2.63. The summed E-state index contributed by atoms with van der Waals surface area (Å²) in [5.74, 6) is -4.51. The van der Waals surface area contributed by atoms with Crippen LogP contribution in [0, 0.1) is 0 Å². The van der Waals surface area contributed by atoms with Gasteiger partial charge < -0.3 is 52.1 Å². The molecule has 10 atom stereocenters. The fourth-order valence-electron chi connectivity index (χ4n) is 6.17.